The van der Waals surface area contributed by atoms with E-state index in [0.29, 0.717) is 0 Å². The topological polar surface area (TPSA) is 52.6 Å². The molecule has 4 nitrogen and oxygen atoms in total. The lowest BCUT2D eigenvalue weighted by Crippen LogP contribution is -2.21. The fourth-order valence-electron chi connectivity index (χ4n) is 1.94. The first-order valence-electron chi connectivity index (χ1n) is 7.30. The molecule has 0 aliphatic heterocycles. The summed E-state index contributed by atoms with van der Waals surface area (Å²) in [6.45, 7) is 1.51. The summed E-state index contributed by atoms with van der Waals surface area (Å²) in [5.74, 6) is -1.00. The summed E-state index contributed by atoms with van der Waals surface area (Å²) in [5, 5.41) is 0. The molecule has 0 heterocycles. The summed E-state index contributed by atoms with van der Waals surface area (Å²) in [4.78, 5) is 23.4. The van der Waals surface area contributed by atoms with E-state index in [0.717, 1.165) is 11.1 Å². The average molecular weight is 310 g/mol. The fourth-order valence-corrected chi connectivity index (χ4v) is 1.94. The zero-order valence-electron chi connectivity index (χ0n) is 12.8. The quantitative estimate of drug-likeness (QED) is 0.466. The van der Waals surface area contributed by atoms with Gasteiger partial charge >= 0.3 is 11.9 Å². The van der Waals surface area contributed by atoms with Gasteiger partial charge in [-0.1, -0.05) is 60.7 Å². The van der Waals surface area contributed by atoms with Crippen LogP contribution in [0.4, 0.5) is 0 Å². The van der Waals surface area contributed by atoms with Gasteiger partial charge in [0.15, 0.2) is 0 Å². The van der Waals surface area contributed by atoms with Gasteiger partial charge in [-0.25, -0.2) is 4.79 Å². The summed E-state index contributed by atoms with van der Waals surface area (Å²) in [7, 11) is 0. The van der Waals surface area contributed by atoms with Crippen molar-refractivity contribution in [1.82, 2.24) is 0 Å². The third-order valence-corrected chi connectivity index (χ3v) is 2.98. The molecule has 0 saturated heterocycles. The van der Waals surface area contributed by atoms with E-state index in [2.05, 4.69) is 0 Å². The fraction of sp³-hybridized carbons (Fsp3) is 0.158. The Hall–Kier alpha value is -2.88. The van der Waals surface area contributed by atoms with E-state index in [1.54, 1.807) is 6.08 Å². The zero-order chi connectivity index (χ0) is 16.5. The highest BCUT2D eigenvalue weighted by atomic mass is 16.7. The maximum Gasteiger partial charge on any atom is 0.333 e. The molecule has 4 heteroatoms. The summed E-state index contributed by atoms with van der Waals surface area (Å²) in [5.41, 5.74) is 1.73. The summed E-state index contributed by atoms with van der Waals surface area (Å²) < 4.78 is 10.1. The van der Waals surface area contributed by atoms with Crippen molar-refractivity contribution in [2.75, 3.05) is 0 Å². The molecule has 0 aromatic heterocycles. The molecule has 2 aromatic rings. The molecule has 23 heavy (non-hydrogen) atoms. The van der Waals surface area contributed by atoms with Crippen molar-refractivity contribution in [3.63, 3.8) is 0 Å². The zero-order valence-corrected chi connectivity index (χ0v) is 12.8. The second-order valence-corrected chi connectivity index (χ2v) is 4.90. The van der Waals surface area contributed by atoms with Gasteiger partial charge in [0.1, 0.15) is 0 Å². The van der Waals surface area contributed by atoms with Gasteiger partial charge in [0, 0.05) is 13.0 Å². The van der Waals surface area contributed by atoms with Crippen LogP contribution in [-0.2, 0) is 25.5 Å². The molecule has 118 valence electrons. The molecule has 0 saturated carbocycles. The van der Waals surface area contributed by atoms with E-state index in [1.165, 1.54) is 13.0 Å². The molecule has 0 bridgehead atoms. The van der Waals surface area contributed by atoms with Crippen LogP contribution in [0.5, 0.6) is 0 Å². The van der Waals surface area contributed by atoms with Gasteiger partial charge < -0.3 is 9.47 Å². The van der Waals surface area contributed by atoms with Crippen molar-refractivity contribution in [1.29, 1.82) is 0 Å². The molecule has 0 N–H and O–H groups in total. The maximum atomic E-state index is 11.8. The third kappa shape index (κ3) is 6.18. The standard InChI is InChI=1S/C19H18O4/c1-15(23-19(21)14-17-10-6-3-7-11-17)22-18(20)13-12-16-8-4-2-5-9-16/h2-13,15H,14H2,1H3/b13-12+. The van der Waals surface area contributed by atoms with E-state index in [9.17, 15) is 9.59 Å². The SMILES string of the molecule is CC(OC(=O)/C=C/c1ccccc1)OC(=O)Cc1ccccc1. The van der Waals surface area contributed by atoms with Gasteiger partial charge in [-0.15, -0.1) is 0 Å². The number of esters is 2. The number of benzene rings is 2. The smallest absolute Gasteiger partial charge is 0.333 e. The number of carbonyl (C=O) groups is 2. The van der Waals surface area contributed by atoms with E-state index in [4.69, 9.17) is 9.47 Å². The van der Waals surface area contributed by atoms with Gasteiger partial charge in [0.25, 0.3) is 0 Å². The molecule has 2 aromatic carbocycles. The van der Waals surface area contributed by atoms with E-state index in [-0.39, 0.29) is 6.42 Å². The Labute approximate surface area is 135 Å². The summed E-state index contributed by atoms with van der Waals surface area (Å²) in [6.07, 6.45) is 2.15. The largest absolute Gasteiger partial charge is 0.425 e. The second kappa shape index (κ2) is 8.54. The molecule has 0 aliphatic carbocycles. The Balaban J connectivity index is 1.77. The van der Waals surface area contributed by atoms with Gasteiger partial charge in [-0.2, -0.15) is 0 Å². The minimum atomic E-state index is -0.931. The molecule has 0 radical (unpaired) electrons. The van der Waals surface area contributed by atoms with Gasteiger partial charge in [-0.3, -0.25) is 4.79 Å². The Morgan fingerprint density at radius 1 is 0.957 bits per heavy atom. The number of hydrogen-bond acceptors (Lipinski definition) is 4. The van der Waals surface area contributed by atoms with Crippen molar-refractivity contribution >= 4 is 18.0 Å². The van der Waals surface area contributed by atoms with E-state index >= 15 is 0 Å². The van der Waals surface area contributed by atoms with Crippen LogP contribution in [0.1, 0.15) is 18.1 Å². The van der Waals surface area contributed by atoms with E-state index < -0.39 is 18.2 Å². The number of carbonyl (C=O) groups excluding carboxylic acids is 2. The van der Waals surface area contributed by atoms with Gasteiger partial charge in [-0.05, 0) is 17.2 Å². The summed E-state index contributed by atoms with van der Waals surface area (Å²) >= 11 is 0. The van der Waals surface area contributed by atoms with Crippen LogP contribution in [0, 0.1) is 0 Å². The summed E-state index contributed by atoms with van der Waals surface area (Å²) in [6, 6.07) is 18.6. The number of rotatable bonds is 6. The highest BCUT2D eigenvalue weighted by Crippen LogP contribution is 2.05. The van der Waals surface area contributed by atoms with Crippen LogP contribution in [0.15, 0.2) is 66.7 Å². The molecule has 0 amide bonds. The molecule has 0 aliphatic rings. The second-order valence-electron chi connectivity index (χ2n) is 4.90. The Morgan fingerprint density at radius 2 is 1.57 bits per heavy atom. The molecule has 1 unspecified atom stereocenters. The molecular formula is C19H18O4. The molecule has 0 fully saturated rings. The first-order valence-corrected chi connectivity index (χ1v) is 7.30. The molecular weight excluding hydrogens is 292 g/mol. The van der Waals surface area contributed by atoms with Crippen LogP contribution in [-0.4, -0.2) is 18.2 Å². The average Bonchev–Trinajstić information content (AvgIpc) is 2.54. The van der Waals surface area contributed by atoms with Crippen LogP contribution in [0.2, 0.25) is 0 Å². The lowest BCUT2D eigenvalue weighted by atomic mass is 10.2. The van der Waals surface area contributed by atoms with Crippen molar-refractivity contribution < 1.29 is 19.1 Å². The van der Waals surface area contributed by atoms with Crippen molar-refractivity contribution in [3.05, 3.63) is 77.9 Å². The molecule has 0 spiro atoms. The number of hydrogen-bond donors (Lipinski definition) is 0. The Kier molecular flexibility index (Phi) is 6.12. The van der Waals surface area contributed by atoms with Crippen LogP contribution < -0.4 is 0 Å². The Bertz CT molecular complexity index is 662. The van der Waals surface area contributed by atoms with Crippen molar-refractivity contribution in [3.8, 4) is 0 Å². The van der Waals surface area contributed by atoms with Crippen LogP contribution >= 0.6 is 0 Å². The Morgan fingerprint density at radius 3 is 2.22 bits per heavy atom. The normalized spacial score (nSPS) is 11.9. The minimum Gasteiger partial charge on any atom is -0.425 e. The van der Waals surface area contributed by atoms with Gasteiger partial charge in [0.2, 0.25) is 6.29 Å². The molecule has 1 atom stereocenters. The minimum absolute atomic E-state index is 0.141. The first kappa shape index (κ1) is 16.5. The predicted molar refractivity (Wildman–Crippen MR) is 87.3 cm³/mol. The third-order valence-electron chi connectivity index (χ3n) is 2.98. The lowest BCUT2D eigenvalue weighted by Gasteiger charge is -2.12. The predicted octanol–water partition coefficient (Wildman–Crippen LogP) is 3.37. The highest BCUT2D eigenvalue weighted by molar-refractivity contribution is 5.87. The lowest BCUT2D eigenvalue weighted by molar-refractivity contribution is -0.180. The molecule has 2 rings (SSSR count). The van der Waals surface area contributed by atoms with Crippen molar-refractivity contribution in [2.24, 2.45) is 0 Å². The maximum absolute atomic E-state index is 11.8. The number of ether oxygens (including phenoxy) is 2. The highest BCUT2D eigenvalue weighted by Gasteiger charge is 2.13. The van der Waals surface area contributed by atoms with Crippen LogP contribution in [0.3, 0.4) is 0 Å². The monoisotopic (exact) mass is 310 g/mol. The van der Waals surface area contributed by atoms with Crippen molar-refractivity contribution in [2.45, 2.75) is 19.6 Å². The van der Waals surface area contributed by atoms with E-state index in [1.807, 2.05) is 60.7 Å². The van der Waals surface area contributed by atoms with Gasteiger partial charge in [0.05, 0.1) is 6.42 Å². The van der Waals surface area contributed by atoms with Crippen LogP contribution in [0.25, 0.3) is 6.08 Å². The first-order chi connectivity index (χ1) is 11.1.